The van der Waals surface area contributed by atoms with Gasteiger partial charge in [0.1, 0.15) is 5.75 Å². The number of amides is 1. The van der Waals surface area contributed by atoms with E-state index in [0.717, 1.165) is 5.56 Å². The minimum atomic E-state index is -0.0713. The summed E-state index contributed by atoms with van der Waals surface area (Å²) in [6, 6.07) is 5.80. The molecule has 0 bridgehead atoms. The molecule has 102 valence electrons. The van der Waals surface area contributed by atoms with Gasteiger partial charge in [-0.2, -0.15) is 0 Å². The lowest BCUT2D eigenvalue weighted by Crippen LogP contribution is -2.35. The van der Waals surface area contributed by atoms with E-state index >= 15 is 0 Å². The van der Waals surface area contributed by atoms with E-state index in [4.69, 9.17) is 4.74 Å². The fourth-order valence-corrected chi connectivity index (χ4v) is 1.63. The van der Waals surface area contributed by atoms with Crippen LogP contribution in [0.25, 0.3) is 0 Å². The molecular weight excluding hydrogens is 238 g/mol. The summed E-state index contributed by atoms with van der Waals surface area (Å²) in [5.74, 6) is 0.645. The van der Waals surface area contributed by atoms with Gasteiger partial charge in [-0.15, -0.1) is 13.2 Å². The van der Waals surface area contributed by atoms with E-state index in [9.17, 15) is 4.79 Å². The Hall–Kier alpha value is -2.03. The van der Waals surface area contributed by atoms with Gasteiger partial charge < -0.3 is 9.64 Å². The Bertz CT molecular complexity index is 456. The molecule has 0 aliphatic heterocycles. The van der Waals surface area contributed by atoms with Crippen molar-refractivity contribution in [2.24, 2.45) is 0 Å². The van der Waals surface area contributed by atoms with E-state index in [2.05, 4.69) is 13.2 Å². The minimum absolute atomic E-state index is 0.0319. The second-order valence-electron chi connectivity index (χ2n) is 4.41. The van der Waals surface area contributed by atoms with Crippen LogP contribution < -0.4 is 4.74 Å². The second kappa shape index (κ2) is 7.41. The topological polar surface area (TPSA) is 29.5 Å². The molecular formula is C16H21NO2. The predicted molar refractivity (Wildman–Crippen MR) is 78.4 cm³/mol. The Labute approximate surface area is 115 Å². The highest BCUT2D eigenvalue weighted by Gasteiger charge is 2.11. The number of carbonyl (C=O) groups is 1. The Morgan fingerprint density at radius 1 is 1.21 bits per heavy atom. The molecule has 0 N–H and O–H groups in total. The lowest BCUT2D eigenvalue weighted by atomic mass is 10.1. The number of carbonyl (C=O) groups excluding carboxylic acids is 1. The van der Waals surface area contributed by atoms with Crippen molar-refractivity contribution in [2.45, 2.75) is 13.8 Å². The van der Waals surface area contributed by atoms with Crippen LogP contribution >= 0.6 is 0 Å². The largest absolute Gasteiger partial charge is 0.484 e. The van der Waals surface area contributed by atoms with Crippen LogP contribution in [-0.4, -0.2) is 30.5 Å². The Balaban J connectivity index is 2.58. The first kappa shape index (κ1) is 15.0. The molecule has 0 saturated heterocycles. The molecule has 0 aliphatic carbocycles. The van der Waals surface area contributed by atoms with E-state index in [1.54, 1.807) is 17.1 Å². The zero-order valence-electron chi connectivity index (χ0n) is 11.7. The molecule has 0 unspecified atom stereocenters. The first-order valence-corrected chi connectivity index (χ1v) is 6.28. The lowest BCUT2D eigenvalue weighted by molar-refractivity contribution is -0.132. The molecule has 1 rings (SSSR count). The minimum Gasteiger partial charge on any atom is -0.484 e. The number of nitrogens with zero attached hydrogens (tertiary/aromatic N) is 1. The van der Waals surface area contributed by atoms with Gasteiger partial charge in [0.25, 0.3) is 5.91 Å². The van der Waals surface area contributed by atoms with Gasteiger partial charge in [-0.1, -0.05) is 18.2 Å². The van der Waals surface area contributed by atoms with Crippen molar-refractivity contribution in [3.8, 4) is 5.75 Å². The van der Waals surface area contributed by atoms with Crippen LogP contribution in [0, 0.1) is 13.8 Å². The summed E-state index contributed by atoms with van der Waals surface area (Å²) in [5, 5.41) is 0. The van der Waals surface area contributed by atoms with Gasteiger partial charge >= 0.3 is 0 Å². The highest BCUT2D eigenvalue weighted by Crippen LogP contribution is 2.16. The molecule has 1 amide bonds. The van der Waals surface area contributed by atoms with Gasteiger partial charge in [-0.3, -0.25) is 4.79 Å². The fraction of sp³-hybridized carbons (Fsp3) is 0.312. The Kier molecular flexibility index (Phi) is 5.86. The Morgan fingerprint density at radius 2 is 1.84 bits per heavy atom. The number of rotatable bonds is 7. The first-order chi connectivity index (χ1) is 9.08. The van der Waals surface area contributed by atoms with Crippen LogP contribution in [0.5, 0.6) is 5.75 Å². The summed E-state index contributed by atoms with van der Waals surface area (Å²) < 4.78 is 5.52. The van der Waals surface area contributed by atoms with Gasteiger partial charge in [0.05, 0.1) is 0 Å². The summed E-state index contributed by atoms with van der Waals surface area (Å²) in [5.41, 5.74) is 2.36. The third-order valence-electron chi connectivity index (χ3n) is 2.89. The summed E-state index contributed by atoms with van der Waals surface area (Å²) >= 11 is 0. The molecule has 0 aromatic heterocycles. The smallest absolute Gasteiger partial charge is 0.261 e. The summed E-state index contributed by atoms with van der Waals surface area (Å²) in [7, 11) is 0. The molecule has 1 aromatic carbocycles. The number of aryl methyl sites for hydroxylation is 2. The van der Waals surface area contributed by atoms with E-state index in [1.165, 1.54) is 5.56 Å². The zero-order valence-corrected chi connectivity index (χ0v) is 11.7. The van der Waals surface area contributed by atoms with Crippen LogP contribution in [0.3, 0.4) is 0 Å². The maximum absolute atomic E-state index is 12.0. The van der Waals surface area contributed by atoms with Crippen molar-refractivity contribution in [3.63, 3.8) is 0 Å². The zero-order chi connectivity index (χ0) is 14.3. The van der Waals surface area contributed by atoms with Crippen molar-refractivity contribution in [1.82, 2.24) is 4.90 Å². The van der Waals surface area contributed by atoms with E-state index in [0.29, 0.717) is 18.8 Å². The van der Waals surface area contributed by atoms with Crippen LogP contribution in [0.15, 0.2) is 43.5 Å². The van der Waals surface area contributed by atoms with Crippen LogP contribution in [0.2, 0.25) is 0 Å². The monoisotopic (exact) mass is 259 g/mol. The lowest BCUT2D eigenvalue weighted by Gasteiger charge is -2.19. The maximum Gasteiger partial charge on any atom is 0.261 e. The van der Waals surface area contributed by atoms with Crippen molar-refractivity contribution < 1.29 is 9.53 Å². The first-order valence-electron chi connectivity index (χ1n) is 6.28. The van der Waals surface area contributed by atoms with E-state index < -0.39 is 0 Å². The third kappa shape index (κ3) is 4.62. The highest BCUT2D eigenvalue weighted by atomic mass is 16.5. The normalized spacial score (nSPS) is 9.79. The van der Waals surface area contributed by atoms with Crippen LogP contribution in [0.4, 0.5) is 0 Å². The number of benzene rings is 1. The molecule has 1 aromatic rings. The van der Waals surface area contributed by atoms with Crippen molar-refractivity contribution in [1.29, 1.82) is 0 Å². The van der Waals surface area contributed by atoms with Gasteiger partial charge in [-0.05, 0) is 37.1 Å². The maximum atomic E-state index is 12.0. The predicted octanol–water partition coefficient (Wildman–Crippen LogP) is 2.88. The third-order valence-corrected chi connectivity index (χ3v) is 2.89. The molecule has 19 heavy (non-hydrogen) atoms. The molecule has 3 nitrogen and oxygen atoms in total. The van der Waals surface area contributed by atoms with Gasteiger partial charge in [-0.25, -0.2) is 0 Å². The second-order valence-corrected chi connectivity index (χ2v) is 4.41. The average Bonchev–Trinajstić information content (AvgIpc) is 2.39. The van der Waals surface area contributed by atoms with Crippen molar-refractivity contribution >= 4 is 5.91 Å². The molecule has 3 heteroatoms. The molecule has 0 atom stereocenters. The quantitative estimate of drug-likeness (QED) is 0.705. The number of ether oxygens (including phenoxy) is 1. The fourth-order valence-electron chi connectivity index (χ4n) is 1.63. The van der Waals surface area contributed by atoms with Crippen LogP contribution in [-0.2, 0) is 4.79 Å². The molecule has 0 radical (unpaired) electrons. The molecule has 0 saturated carbocycles. The summed E-state index contributed by atoms with van der Waals surface area (Å²) in [4.78, 5) is 13.6. The summed E-state index contributed by atoms with van der Waals surface area (Å²) in [6.07, 6.45) is 3.38. The molecule has 0 spiro atoms. The average molecular weight is 259 g/mol. The summed E-state index contributed by atoms with van der Waals surface area (Å²) in [6.45, 7) is 12.4. The molecule has 0 heterocycles. The van der Waals surface area contributed by atoms with Gasteiger partial charge in [0.2, 0.25) is 0 Å². The van der Waals surface area contributed by atoms with Crippen molar-refractivity contribution in [2.75, 3.05) is 19.7 Å². The van der Waals surface area contributed by atoms with E-state index in [-0.39, 0.29) is 12.5 Å². The SMILES string of the molecule is C=CCN(CC=C)C(=O)COc1ccc(C)c(C)c1. The molecule has 0 aliphatic rings. The van der Waals surface area contributed by atoms with E-state index in [1.807, 2.05) is 32.0 Å². The number of hydrogen-bond donors (Lipinski definition) is 0. The molecule has 0 fully saturated rings. The standard InChI is InChI=1S/C16H21NO2/c1-5-9-17(10-6-2)16(18)12-19-15-8-7-13(3)14(4)11-15/h5-8,11H,1-2,9-10,12H2,3-4H3. The Morgan fingerprint density at radius 3 is 2.37 bits per heavy atom. The highest BCUT2D eigenvalue weighted by molar-refractivity contribution is 5.78. The number of hydrogen-bond acceptors (Lipinski definition) is 2. The van der Waals surface area contributed by atoms with Gasteiger partial charge in [0, 0.05) is 13.1 Å². The van der Waals surface area contributed by atoms with Gasteiger partial charge in [0.15, 0.2) is 6.61 Å². The van der Waals surface area contributed by atoms with Crippen LogP contribution in [0.1, 0.15) is 11.1 Å². The van der Waals surface area contributed by atoms with Crippen molar-refractivity contribution in [3.05, 3.63) is 54.6 Å².